The molecule has 2 heterocycles. The quantitative estimate of drug-likeness (QED) is 0.592. The number of hydrogen-bond acceptors (Lipinski definition) is 3. The largest absolute Gasteiger partial charge is 0.459 e. The van der Waals surface area contributed by atoms with Gasteiger partial charge in [0.05, 0.1) is 12.2 Å². The van der Waals surface area contributed by atoms with Crippen molar-refractivity contribution < 1.29 is 8.81 Å². The van der Waals surface area contributed by atoms with Gasteiger partial charge < -0.3 is 10.2 Å². The van der Waals surface area contributed by atoms with Crippen molar-refractivity contribution in [3.05, 3.63) is 78.4 Å². The maximum atomic E-state index is 13.3. The van der Waals surface area contributed by atoms with Gasteiger partial charge in [0.25, 0.3) is 0 Å². The van der Waals surface area contributed by atoms with E-state index in [2.05, 4.69) is 4.98 Å². The zero-order valence-electron chi connectivity index (χ0n) is 12.9. The smallest absolute Gasteiger partial charge is 0.142 e. The topological polar surface area (TPSA) is 52.0 Å². The van der Waals surface area contributed by atoms with E-state index in [-0.39, 0.29) is 5.82 Å². The summed E-state index contributed by atoms with van der Waals surface area (Å²) < 4.78 is 19.2. The second-order valence-electron chi connectivity index (χ2n) is 5.58. The van der Waals surface area contributed by atoms with Crippen LogP contribution in [0.25, 0.3) is 33.4 Å². The molecule has 0 radical (unpaired) electrons. The Morgan fingerprint density at radius 1 is 0.958 bits per heavy atom. The molecule has 0 aliphatic heterocycles. The number of fused-ring (bicyclic) bond motifs is 1. The van der Waals surface area contributed by atoms with E-state index in [1.807, 2.05) is 36.4 Å². The Morgan fingerprint density at radius 2 is 1.79 bits per heavy atom. The predicted molar refractivity (Wildman–Crippen MR) is 92.7 cm³/mol. The Morgan fingerprint density at radius 3 is 2.50 bits per heavy atom. The molecular formula is C20H15FN2O. The summed E-state index contributed by atoms with van der Waals surface area (Å²) in [4.78, 5) is 4.42. The fourth-order valence-corrected chi connectivity index (χ4v) is 2.83. The van der Waals surface area contributed by atoms with E-state index in [9.17, 15) is 4.39 Å². The van der Waals surface area contributed by atoms with Crippen LogP contribution in [0.4, 0.5) is 4.39 Å². The van der Waals surface area contributed by atoms with E-state index >= 15 is 0 Å². The summed E-state index contributed by atoms with van der Waals surface area (Å²) in [5.74, 6) is 0.449. The minimum Gasteiger partial charge on any atom is -0.459 e. The van der Waals surface area contributed by atoms with E-state index in [0.29, 0.717) is 12.3 Å². The van der Waals surface area contributed by atoms with Crippen molar-refractivity contribution in [2.75, 3.05) is 0 Å². The van der Waals surface area contributed by atoms with Crippen LogP contribution < -0.4 is 5.73 Å². The van der Waals surface area contributed by atoms with Gasteiger partial charge in [-0.15, -0.1) is 0 Å². The zero-order chi connectivity index (χ0) is 16.5. The highest BCUT2D eigenvalue weighted by atomic mass is 19.1. The van der Waals surface area contributed by atoms with Crippen LogP contribution in [0.3, 0.4) is 0 Å². The van der Waals surface area contributed by atoms with Crippen LogP contribution in [0.5, 0.6) is 0 Å². The highest BCUT2D eigenvalue weighted by Gasteiger charge is 2.13. The summed E-state index contributed by atoms with van der Waals surface area (Å²) in [6.07, 6.45) is 1.76. The van der Waals surface area contributed by atoms with Gasteiger partial charge in [-0.05, 0) is 48.0 Å². The molecule has 0 amide bonds. The molecule has 118 valence electrons. The molecule has 2 aromatic carbocycles. The summed E-state index contributed by atoms with van der Waals surface area (Å²) in [5.41, 5.74) is 10.1. The van der Waals surface area contributed by atoms with Gasteiger partial charge in [-0.3, -0.25) is 4.98 Å². The average Bonchev–Trinajstić information content (AvgIpc) is 3.05. The van der Waals surface area contributed by atoms with Crippen molar-refractivity contribution in [2.24, 2.45) is 5.73 Å². The minimum absolute atomic E-state index is 0.266. The number of pyridine rings is 1. The highest BCUT2D eigenvalue weighted by molar-refractivity contribution is 5.96. The normalized spacial score (nSPS) is 11.1. The van der Waals surface area contributed by atoms with Crippen LogP contribution in [0.1, 0.15) is 5.76 Å². The first kappa shape index (κ1) is 14.6. The molecule has 0 spiro atoms. The highest BCUT2D eigenvalue weighted by Crippen LogP contribution is 2.35. The molecule has 0 aliphatic rings. The van der Waals surface area contributed by atoms with Crippen molar-refractivity contribution in [2.45, 2.75) is 6.54 Å². The standard InChI is InChI=1S/C20H15FN2O/c21-16-6-4-13(5-7-16)18-11-14(19-3-1-2-8-23-19)9-15-10-17(12-22)24-20(15)18/h1-11H,12,22H2. The Balaban J connectivity index is 1.98. The molecule has 4 rings (SSSR count). The molecule has 0 bridgehead atoms. The maximum Gasteiger partial charge on any atom is 0.142 e. The third kappa shape index (κ3) is 2.57. The Kier molecular flexibility index (Phi) is 3.59. The number of hydrogen-bond donors (Lipinski definition) is 1. The van der Waals surface area contributed by atoms with Crippen LogP contribution in [0.15, 0.2) is 71.3 Å². The van der Waals surface area contributed by atoms with Crippen molar-refractivity contribution in [1.82, 2.24) is 4.98 Å². The van der Waals surface area contributed by atoms with Gasteiger partial charge in [0.15, 0.2) is 0 Å². The van der Waals surface area contributed by atoms with Crippen LogP contribution in [0, 0.1) is 5.82 Å². The van der Waals surface area contributed by atoms with Crippen LogP contribution in [-0.2, 0) is 6.54 Å². The average molecular weight is 318 g/mol. The second kappa shape index (κ2) is 5.91. The number of halogens is 1. The van der Waals surface area contributed by atoms with E-state index in [1.54, 1.807) is 18.3 Å². The first-order valence-electron chi connectivity index (χ1n) is 7.68. The first-order chi connectivity index (χ1) is 11.7. The molecule has 0 unspecified atom stereocenters. The van der Waals surface area contributed by atoms with Gasteiger partial charge in [-0.2, -0.15) is 0 Å². The van der Waals surface area contributed by atoms with Crippen molar-refractivity contribution in [3.63, 3.8) is 0 Å². The number of aromatic nitrogens is 1. The fraction of sp³-hybridized carbons (Fsp3) is 0.0500. The molecule has 0 saturated carbocycles. The summed E-state index contributed by atoms with van der Waals surface area (Å²) in [7, 11) is 0. The number of rotatable bonds is 3. The summed E-state index contributed by atoms with van der Waals surface area (Å²) >= 11 is 0. The lowest BCUT2D eigenvalue weighted by Gasteiger charge is -2.07. The molecule has 4 heteroatoms. The molecule has 0 aliphatic carbocycles. The Hall–Kier alpha value is -2.98. The first-order valence-corrected chi connectivity index (χ1v) is 7.68. The SMILES string of the molecule is NCc1cc2cc(-c3ccccn3)cc(-c3ccc(F)cc3)c2o1. The van der Waals surface area contributed by atoms with Gasteiger partial charge in [-0.1, -0.05) is 18.2 Å². The van der Waals surface area contributed by atoms with E-state index in [4.69, 9.17) is 10.2 Å². The molecule has 2 aromatic heterocycles. The Labute approximate surface area is 138 Å². The molecular weight excluding hydrogens is 303 g/mol. The van der Waals surface area contributed by atoms with Crippen molar-refractivity contribution in [3.8, 4) is 22.4 Å². The lowest BCUT2D eigenvalue weighted by atomic mass is 9.99. The summed E-state index contributed by atoms with van der Waals surface area (Å²) in [5, 5.41) is 0.956. The molecule has 2 N–H and O–H groups in total. The third-order valence-electron chi connectivity index (χ3n) is 3.98. The van der Waals surface area contributed by atoms with E-state index < -0.39 is 0 Å². The molecule has 0 saturated heterocycles. The summed E-state index contributed by atoms with van der Waals surface area (Å²) in [6, 6.07) is 18.2. The van der Waals surface area contributed by atoms with Gasteiger partial charge in [-0.25, -0.2) is 4.39 Å². The maximum absolute atomic E-state index is 13.3. The Bertz CT molecular complexity index is 992. The van der Waals surface area contributed by atoms with Crippen LogP contribution in [-0.4, -0.2) is 4.98 Å². The number of nitrogens with zero attached hydrogens (tertiary/aromatic N) is 1. The molecule has 3 nitrogen and oxygen atoms in total. The molecule has 0 atom stereocenters. The summed E-state index contributed by atoms with van der Waals surface area (Å²) in [6.45, 7) is 0.330. The molecule has 0 fully saturated rings. The monoisotopic (exact) mass is 318 g/mol. The third-order valence-corrected chi connectivity index (χ3v) is 3.98. The zero-order valence-corrected chi connectivity index (χ0v) is 12.9. The second-order valence-corrected chi connectivity index (χ2v) is 5.58. The lowest BCUT2D eigenvalue weighted by molar-refractivity contribution is 0.553. The van der Waals surface area contributed by atoms with E-state index in [0.717, 1.165) is 33.4 Å². The number of furan rings is 1. The van der Waals surface area contributed by atoms with Crippen molar-refractivity contribution in [1.29, 1.82) is 0 Å². The fourth-order valence-electron chi connectivity index (χ4n) is 2.83. The van der Waals surface area contributed by atoms with Gasteiger partial charge in [0, 0.05) is 22.7 Å². The number of benzene rings is 2. The van der Waals surface area contributed by atoms with Gasteiger partial charge in [0.1, 0.15) is 17.2 Å². The minimum atomic E-state index is -0.266. The lowest BCUT2D eigenvalue weighted by Crippen LogP contribution is -1.92. The van der Waals surface area contributed by atoms with Crippen molar-refractivity contribution >= 4 is 11.0 Å². The van der Waals surface area contributed by atoms with Crippen LogP contribution in [0.2, 0.25) is 0 Å². The molecule has 4 aromatic rings. The molecule has 24 heavy (non-hydrogen) atoms. The van der Waals surface area contributed by atoms with E-state index in [1.165, 1.54) is 12.1 Å². The van der Waals surface area contributed by atoms with Gasteiger partial charge in [0.2, 0.25) is 0 Å². The van der Waals surface area contributed by atoms with Crippen LogP contribution >= 0.6 is 0 Å². The van der Waals surface area contributed by atoms with Gasteiger partial charge >= 0.3 is 0 Å². The number of nitrogens with two attached hydrogens (primary N) is 1. The predicted octanol–water partition coefficient (Wildman–Crippen LogP) is 4.76.